The molecule has 0 saturated heterocycles. The van der Waals surface area contributed by atoms with E-state index < -0.39 is 4.92 Å². The van der Waals surface area contributed by atoms with Gasteiger partial charge in [0.2, 0.25) is 0 Å². The zero-order chi connectivity index (χ0) is 13.8. The van der Waals surface area contributed by atoms with Crippen LogP contribution in [-0.2, 0) is 0 Å². The highest BCUT2D eigenvalue weighted by atomic mass is 16.6. The number of carbonyl (C=O) groups excluding carboxylic acids is 1. The average Bonchev–Trinajstić information content (AvgIpc) is 2.46. The van der Waals surface area contributed by atoms with Crippen LogP contribution in [0.2, 0.25) is 0 Å². The second-order valence-electron chi connectivity index (χ2n) is 3.87. The van der Waals surface area contributed by atoms with Crippen molar-refractivity contribution < 1.29 is 14.5 Å². The molecule has 0 spiro atoms. The summed E-state index contributed by atoms with van der Waals surface area (Å²) < 4.78 is 4.98. The molecule has 2 rings (SSSR count). The van der Waals surface area contributed by atoms with Gasteiger partial charge in [-0.1, -0.05) is 30.3 Å². The van der Waals surface area contributed by atoms with Gasteiger partial charge in [0.05, 0.1) is 18.1 Å². The fourth-order valence-corrected chi connectivity index (χ4v) is 1.69. The molecular weight excluding hydrogens is 246 g/mol. The molecule has 96 valence electrons. The molecule has 0 atom stereocenters. The van der Waals surface area contributed by atoms with Crippen LogP contribution < -0.4 is 4.74 Å². The summed E-state index contributed by atoms with van der Waals surface area (Å²) in [5, 5.41) is 10.8. The second-order valence-corrected chi connectivity index (χ2v) is 3.87. The minimum absolute atomic E-state index is 0.168. The Morgan fingerprint density at radius 3 is 2.37 bits per heavy atom. The van der Waals surface area contributed by atoms with Crippen LogP contribution in [0.15, 0.2) is 48.5 Å². The number of nitro benzene ring substituents is 1. The van der Waals surface area contributed by atoms with Gasteiger partial charge in [-0.15, -0.1) is 0 Å². The third-order valence-corrected chi connectivity index (χ3v) is 2.64. The Morgan fingerprint density at radius 1 is 1.11 bits per heavy atom. The number of ether oxygens (including phenoxy) is 1. The monoisotopic (exact) mass is 257 g/mol. The topological polar surface area (TPSA) is 69.4 Å². The fraction of sp³-hybridized carbons (Fsp3) is 0.0714. The number of nitrogens with zero attached hydrogens (tertiary/aromatic N) is 1. The minimum Gasteiger partial charge on any atom is -0.496 e. The maximum atomic E-state index is 12.2. The largest absolute Gasteiger partial charge is 0.496 e. The first-order valence-electron chi connectivity index (χ1n) is 5.55. The van der Waals surface area contributed by atoms with Gasteiger partial charge < -0.3 is 4.74 Å². The molecule has 0 aliphatic heterocycles. The van der Waals surface area contributed by atoms with Crippen molar-refractivity contribution in [3.05, 3.63) is 69.8 Å². The number of rotatable bonds is 4. The van der Waals surface area contributed by atoms with Gasteiger partial charge in [-0.05, 0) is 6.07 Å². The molecule has 2 aromatic carbocycles. The van der Waals surface area contributed by atoms with Crippen LogP contribution in [0.4, 0.5) is 5.69 Å². The Labute approximate surface area is 109 Å². The molecule has 0 saturated carbocycles. The summed E-state index contributed by atoms with van der Waals surface area (Å²) in [5.74, 6) is 0.0103. The van der Waals surface area contributed by atoms with E-state index in [9.17, 15) is 14.9 Å². The molecule has 5 heteroatoms. The van der Waals surface area contributed by atoms with Gasteiger partial charge >= 0.3 is 0 Å². The van der Waals surface area contributed by atoms with Crippen molar-refractivity contribution in [1.82, 2.24) is 0 Å². The molecule has 0 amide bonds. The Morgan fingerprint density at radius 2 is 1.79 bits per heavy atom. The third kappa shape index (κ3) is 2.77. The van der Waals surface area contributed by atoms with Crippen LogP contribution in [-0.4, -0.2) is 17.8 Å². The summed E-state index contributed by atoms with van der Waals surface area (Å²) in [5.41, 5.74) is 0.543. The van der Waals surface area contributed by atoms with Gasteiger partial charge in [0.15, 0.2) is 5.78 Å². The molecule has 0 aliphatic carbocycles. The van der Waals surface area contributed by atoms with Gasteiger partial charge in [0.1, 0.15) is 5.75 Å². The van der Waals surface area contributed by atoms with Crippen molar-refractivity contribution >= 4 is 11.5 Å². The molecule has 0 bridgehead atoms. The van der Waals surface area contributed by atoms with E-state index in [-0.39, 0.29) is 22.8 Å². The second kappa shape index (κ2) is 5.30. The SMILES string of the molecule is COc1cc(C(=O)c2ccccc2)cc([N+](=O)[O-])c1. The van der Waals surface area contributed by atoms with Crippen molar-refractivity contribution in [2.45, 2.75) is 0 Å². The van der Waals surface area contributed by atoms with E-state index in [4.69, 9.17) is 4.74 Å². The van der Waals surface area contributed by atoms with Crippen molar-refractivity contribution in [1.29, 1.82) is 0 Å². The highest BCUT2D eigenvalue weighted by molar-refractivity contribution is 6.09. The van der Waals surface area contributed by atoms with Crippen LogP contribution in [0.25, 0.3) is 0 Å². The Bertz CT molecular complexity index is 623. The lowest BCUT2D eigenvalue weighted by atomic mass is 10.0. The van der Waals surface area contributed by atoms with E-state index in [0.717, 1.165) is 0 Å². The van der Waals surface area contributed by atoms with Crippen LogP contribution in [0.1, 0.15) is 15.9 Å². The predicted molar refractivity (Wildman–Crippen MR) is 69.5 cm³/mol. The Balaban J connectivity index is 2.47. The summed E-state index contributed by atoms with van der Waals surface area (Å²) in [6.07, 6.45) is 0. The molecule has 0 N–H and O–H groups in total. The zero-order valence-corrected chi connectivity index (χ0v) is 10.2. The van der Waals surface area contributed by atoms with E-state index in [1.807, 2.05) is 0 Å². The van der Waals surface area contributed by atoms with E-state index >= 15 is 0 Å². The van der Waals surface area contributed by atoms with Crippen LogP contribution in [0.5, 0.6) is 5.75 Å². The summed E-state index contributed by atoms with van der Waals surface area (Å²) in [7, 11) is 1.40. The highest BCUT2D eigenvalue weighted by Crippen LogP contribution is 2.24. The molecule has 0 unspecified atom stereocenters. The molecule has 5 nitrogen and oxygen atoms in total. The quantitative estimate of drug-likeness (QED) is 0.479. The van der Waals surface area contributed by atoms with Gasteiger partial charge in [-0.2, -0.15) is 0 Å². The molecule has 0 radical (unpaired) electrons. The lowest BCUT2D eigenvalue weighted by molar-refractivity contribution is -0.384. The number of benzene rings is 2. The minimum atomic E-state index is -0.551. The van der Waals surface area contributed by atoms with E-state index in [0.29, 0.717) is 5.56 Å². The molecule has 0 fully saturated rings. The van der Waals surface area contributed by atoms with Crippen LogP contribution in [0.3, 0.4) is 0 Å². The van der Waals surface area contributed by atoms with E-state index in [2.05, 4.69) is 0 Å². The summed E-state index contributed by atoms with van der Waals surface area (Å²) in [6.45, 7) is 0. The third-order valence-electron chi connectivity index (χ3n) is 2.64. The maximum absolute atomic E-state index is 12.2. The number of ketones is 1. The molecule has 19 heavy (non-hydrogen) atoms. The van der Waals surface area contributed by atoms with Gasteiger partial charge in [-0.3, -0.25) is 14.9 Å². The summed E-state index contributed by atoms with van der Waals surface area (Å²) in [4.78, 5) is 22.5. The summed E-state index contributed by atoms with van der Waals surface area (Å²) >= 11 is 0. The normalized spacial score (nSPS) is 9.95. The number of carbonyl (C=O) groups is 1. The van der Waals surface area contributed by atoms with Crippen LogP contribution in [0, 0.1) is 10.1 Å². The number of methoxy groups -OCH3 is 1. The summed E-state index contributed by atoms with van der Waals surface area (Å²) in [6, 6.07) is 12.6. The van der Waals surface area contributed by atoms with E-state index in [1.165, 1.54) is 25.3 Å². The Hall–Kier alpha value is -2.69. The van der Waals surface area contributed by atoms with Crippen molar-refractivity contribution in [3.63, 3.8) is 0 Å². The molecule has 0 aromatic heterocycles. The number of hydrogen-bond donors (Lipinski definition) is 0. The van der Waals surface area contributed by atoms with Crippen molar-refractivity contribution in [2.24, 2.45) is 0 Å². The van der Waals surface area contributed by atoms with Gasteiger partial charge in [-0.25, -0.2) is 0 Å². The molecule has 0 heterocycles. The first-order chi connectivity index (χ1) is 9.11. The smallest absolute Gasteiger partial charge is 0.273 e. The standard InChI is InChI=1S/C14H11NO4/c1-19-13-8-11(7-12(9-13)15(17)18)14(16)10-5-3-2-4-6-10/h2-9H,1H3. The lowest BCUT2D eigenvalue weighted by Gasteiger charge is -2.04. The fourth-order valence-electron chi connectivity index (χ4n) is 1.69. The molecule has 0 aliphatic rings. The van der Waals surface area contributed by atoms with Crippen molar-refractivity contribution in [3.8, 4) is 5.75 Å². The molecule has 2 aromatic rings. The van der Waals surface area contributed by atoms with Gasteiger partial charge in [0.25, 0.3) is 5.69 Å². The van der Waals surface area contributed by atoms with E-state index in [1.54, 1.807) is 30.3 Å². The predicted octanol–water partition coefficient (Wildman–Crippen LogP) is 2.83. The highest BCUT2D eigenvalue weighted by Gasteiger charge is 2.16. The van der Waals surface area contributed by atoms with Gasteiger partial charge in [0, 0.05) is 17.2 Å². The van der Waals surface area contributed by atoms with Crippen LogP contribution >= 0.6 is 0 Å². The number of non-ortho nitro benzene ring substituents is 1. The Kier molecular flexibility index (Phi) is 3.56. The zero-order valence-electron chi connectivity index (χ0n) is 10.2. The molecular formula is C14H11NO4. The average molecular weight is 257 g/mol. The van der Waals surface area contributed by atoms with Crippen molar-refractivity contribution in [2.75, 3.05) is 7.11 Å². The first kappa shape index (κ1) is 12.8. The number of hydrogen-bond acceptors (Lipinski definition) is 4. The lowest BCUT2D eigenvalue weighted by Crippen LogP contribution is -2.02. The first-order valence-corrected chi connectivity index (χ1v) is 5.55. The number of nitro groups is 1. The maximum Gasteiger partial charge on any atom is 0.273 e.